The number of esters is 2. The Bertz CT molecular complexity index is 528. The lowest BCUT2D eigenvalue weighted by Crippen LogP contribution is -2.07. The molecule has 0 radical (unpaired) electrons. The number of ether oxygens (including phenoxy) is 3. The predicted molar refractivity (Wildman–Crippen MR) is 70.8 cm³/mol. The van der Waals surface area contributed by atoms with Gasteiger partial charge < -0.3 is 14.2 Å². The van der Waals surface area contributed by atoms with Crippen LogP contribution in [0.2, 0.25) is 0 Å². The zero-order valence-electron chi connectivity index (χ0n) is 10.8. The Morgan fingerprint density at radius 1 is 1.40 bits per heavy atom. The summed E-state index contributed by atoms with van der Waals surface area (Å²) in [4.78, 5) is 22.1. The minimum absolute atomic E-state index is 0.181. The second kappa shape index (κ2) is 6.06. The number of rotatable bonds is 5. The second-order valence-electron chi connectivity index (χ2n) is 4.20. The predicted octanol–water partition coefficient (Wildman–Crippen LogP) is 2.30. The molecule has 20 heavy (non-hydrogen) atoms. The van der Waals surface area contributed by atoms with Crippen LogP contribution >= 0.6 is 0 Å². The molecule has 1 saturated heterocycles. The number of hydrogen-bond donors (Lipinski definition) is 0. The molecule has 1 atom stereocenters. The van der Waals surface area contributed by atoms with Gasteiger partial charge in [-0.05, 0) is 17.7 Å². The van der Waals surface area contributed by atoms with Crippen molar-refractivity contribution in [1.29, 1.82) is 0 Å². The maximum Gasteiger partial charge on any atom is 0.334 e. The van der Waals surface area contributed by atoms with E-state index in [9.17, 15) is 9.59 Å². The van der Waals surface area contributed by atoms with E-state index in [0.29, 0.717) is 17.7 Å². The monoisotopic (exact) mass is 274 g/mol. The average molecular weight is 274 g/mol. The quantitative estimate of drug-likeness (QED) is 0.468. The number of carbonyl (C=O) groups excluding carboxylic acids is 2. The van der Waals surface area contributed by atoms with E-state index in [1.54, 1.807) is 24.3 Å². The third kappa shape index (κ3) is 3.26. The van der Waals surface area contributed by atoms with Crippen molar-refractivity contribution in [1.82, 2.24) is 0 Å². The Balaban J connectivity index is 1.90. The van der Waals surface area contributed by atoms with Crippen LogP contribution in [0.3, 0.4) is 0 Å². The second-order valence-corrected chi connectivity index (χ2v) is 4.20. The highest BCUT2D eigenvalue weighted by molar-refractivity contribution is 5.90. The third-order valence-corrected chi connectivity index (χ3v) is 2.82. The normalized spacial score (nSPS) is 17.5. The molecule has 1 aliphatic heterocycles. The van der Waals surface area contributed by atoms with Crippen LogP contribution in [0.25, 0.3) is 0 Å². The molecule has 0 bridgehead atoms. The van der Waals surface area contributed by atoms with Gasteiger partial charge in [0.25, 0.3) is 0 Å². The van der Waals surface area contributed by atoms with E-state index in [1.165, 1.54) is 0 Å². The molecule has 1 aliphatic rings. The zero-order valence-corrected chi connectivity index (χ0v) is 10.8. The lowest BCUT2D eigenvalue weighted by molar-refractivity contribution is -0.144. The first-order valence-corrected chi connectivity index (χ1v) is 6.01. The van der Waals surface area contributed by atoms with E-state index in [2.05, 4.69) is 13.2 Å². The maximum absolute atomic E-state index is 11.3. The summed E-state index contributed by atoms with van der Waals surface area (Å²) < 4.78 is 15.1. The molecule has 0 spiro atoms. The Morgan fingerprint density at radius 2 is 2.10 bits per heavy atom. The lowest BCUT2D eigenvalue weighted by Gasteiger charge is -2.10. The van der Waals surface area contributed by atoms with Crippen LogP contribution in [-0.4, -0.2) is 18.7 Å². The maximum atomic E-state index is 11.3. The number of cyclic esters (lactones) is 1. The highest BCUT2D eigenvalue weighted by Gasteiger charge is 2.28. The fourth-order valence-corrected chi connectivity index (χ4v) is 1.74. The van der Waals surface area contributed by atoms with Crippen molar-refractivity contribution in [3.63, 3.8) is 0 Å². The van der Waals surface area contributed by atoms with Gasteiger partial charge in [0.05, 0.1) is 0 Å². The average Bonchev–Trinajstić information content (AvgIpc) is 2.79. The molecule has 0 saturated carbocycles. The summed E-state index contributed by atoms with van der Waals surface area (Å²) in [7, 11) is 0. The molecule has 0 aromatic heterocycles. The van der Waals surface area contributed by atoms with Crippen molar-refractivity contribution in [3.8, 4) is 5.75 Å². The van der Waals surface area contributed by atoms with Crippen LogP contribution in [0.1, 0.15) is 18.1 Å². The van der Waals surface area contributed by atoms with Crippen LogP contribution in [0, 0.1) is 0 Å². The van der Waals surface area contributed by atoms with Crippen molar-refractivity contribution in [2.75, 3.05) is 6.79 Å². The van der Waals surface area contributed by atoms with E-state index < -0.39 is 5.97 Å². The third-order valence-electron chi connectivity index (χ3n) is 2.82. The molecule has 1 fully saturated rings. The van der Waals surface area contributed by atoms with E-state index in [-0.39, 0.29) is 18.9 Å². The molecule has 0 amide bonds. The Labute approximate surface area is 116 Å². The minimum Gasteiger partial charge on any atom is -0.457 e. The molecule has 1 unspecified atom stereocenters. The number of benzene rings is 1. The van der Waals surface area contributed by atoms with Crippen LogP contribution < -0.4 is 4.74 Å². The number of hydrogen-bond acceptors (Lipinski definition) is 5. The fraction of sp³-hybridized carbons (Fsp3) is 0.200. The van der Waals surface area contributed by atoms with Gasteiger partial charge in [0.1, 0.15) is 11.9 Å². The number of carbonyl (C=O) groups is 2. The Kier molecular flexibility index (Phi) is 4.20. The highest BCUT2D eigenvalue weighted by Crippen LogP contribution is 2.32. The summed E-state index contributed by atoms with van der Waals surface area (Å²) in [6.07, 6.45) is 1.27. The molecule has 1 aromatic rings. The van der Waals surface area contributed by atoms with E-state index in [4.69, 9.17) is 14.2 Å². The van der Waals surface area contributed by atoms with Crippen molar-refractivity contribution >= 4 is 11.9 Å². The standard InChI is InChI=1S/C15H14O5/c1-3-14(16)19-9-18-12-6-4-11(5-7-12)13-8-10(2)15(17)20-13/h3-7,13H,1-2,8-9H2. The van der Waals surface area contributed by atoms with Crippen molar-refractivity contribution in [2.45, 2.75) is 12.5 Å². The van der Waals surface area contributed by atoms with E-state index >= 15 is 0 Å². The topological polar surface area (TPSA) is 61.8 Å². The summed E-state index contributed by atoms with van der Waals surface area (Å²) in [6.45, 7) is 6.73. The molecule has 0 N–H and O–H groups in total. The Morgan fingerprint density at radius 3 is 2.65 bits per heavy atom. The van der Waals surface area contributed by atoms with Gasteiger partial charge in [0.2, 0.25) is 6.79 Å². The van der Waals surface area contributed by atoms with Gasteiger partial charge in [-0.2, -0.15) is 0 Å². The summed E-state index contributed by atoms with van der Waals surface area (Å²) in [5.41, 5.74) is 1.35. The van der Waals surface area contributed by atoms with Gasteiger partial charge in [0, 0.05) is 18.1 Å². The molecule has 2 rings (SSSR count). The van der Waals surface area contributed by atoms with Gasteiger partial charge in [0.15, 0.2) is 0 Å². The van der Waals surface area contributed by atoms with Gasteiger partial charge in [-0.15, -0.1) is 0 Å². The van der Waals surface area contributed by atoms with Crippen LogP contribution in [0.5, 0.6) is 5.75 Å². The van der Waals surface area contributed by atoms with Crippen molar-refractivity contribution in [2.24, 2.45) is 0 Å². The molecule has 1 heterocycles. The van der Waals surface area contributed by atoms with E-state index in [1.807, 2.05) is 0 Å². The summed E-state index contributed by atoms with van der Waals surface area (Å²) in [5, 5.41) is 0. The fourth-order valence-electron chi connectivity index (χ4n) is 1.74. The summed E-state index contributed by atoms with van der Waals surface area (Å²) in [5.74, 6) is -0.349. The lowest BCUT2D eigenvalue weighted by atomic mass is 10.1. The molecule has 5 heteroatoms. The zero-order chi connectivity index (χ0) is 14.5. The first-order chi connectivity index (χ1) is 9.60. The van der Waals surface area contributed by atoms with Crippen LogP contribution in [0.15, 0.2) is 49.1 Å². The van der Waals surface area contributed by atoms with Gasteiger partial charge in [-0.1, -0.05) is 25.3 Å². The Hall–Kier alpha value is -2.56. The largest absolute Gasteiger partial charge is 0.457 e. The first-order valence-electron chi connectivity index (χ1n) is 6.01. The molecule has 5 nitrogen and oxygen atoms in total. The van der Waals surface area contributed by atoms with Crippen molar-refractivity contribution < 1.29 is 23.8 Å². The molecule has 1 aromatic carbocycles. The SMILES string of the molecule is C=CC(=O)OCOc1ccc(C2CC(=C)C(=O)O2)cc1. The van der Waals surface area contributed by atoms with Crippen molar-refractivity contribution in [3.05, 3.63) is 54.6 Å². The first kappa shape index (κ1) is 13.9. The van der Waals surface area contributed by atoms with Gasteiger partial charge >= 0.3 is 11.9 Å². The van der Waals surface area contributed by atoms with Gasteiger partial charge in [-0.25, -0.2) is 9.59 Å². The summed E-state index contributed by atoms with van der Waals surface area (Å²) in [6, 6.07) is 7.01. The van der Waals surface area contributed by atoms with E-state index in [0.717, 1.165) is 11.6 Å². The summed E-state index contributed by atoms with van der Waals surface area (Å²) >= 11 is 0. The van der Waals surface area contributed by atoms with Crippen LogP contribution in [0.4, 0.5) is 0 Å². The molecule has 0 aliphatic carbocycles. The van der Waals surface area contributed by atoms with Gasteiger partial charge in [-0.3, -0.25) is 0 Å². The highest BCUT2D eigenvalue weighted by atomic mass is 16.7. The molecular formula is C15H14O5. The smallest absolute Gasteiger partial charge is 0.334 e. The minimum atomic E-state index is -0.544. The molecular weight excluding hydrogens is 260 g/mol. The molecule has 104 valence electrons. The van der Waals surface area contributed by atoms with Crippen LogP contribution in [-0.2, 0) is 19.1 Å².